The lowest BCUT2D eigenvalue weighted by atomic mass is 9.68. The monoisotopic (exact) mass is 319 g/mol. The van der Waals surface area contributed by atoms with Gasteiger partial charge in [-0.05, 0) is 56.2 Å². The van der Waals surface area contributed by atoms with Crippen molar-refractivity contribution in [1.29, 1.82) is 0 Å². The molecule has 1 aromatic rings. The van der Waals surface area contributed by atoms with Gasteiger partial charge in [-0.1, -0.05) is 31.4 Å². The van der Waals surface area contributed by atoms with Crippen molar-refractivity contribution in [2.24, 2.45) is 0 Å². The van der Waals surface area contributed by atoms with Gasteiger partial charge in [0.15, 0.2) is 0 Å². The molecule has 0 aliphatic heterocycles. The fourth-order valence-electron chi connectivity index (χ4n) is 4.13. The minimum Gasteiger partial charge on any atom is -0.393 e. The fraction of sp³-hybridized carbons (Fsp3) is 0.632. The Labute approximate surface area is 137 Å². The fourth-order valence-corrected chi connectivity index (χ4v) is 4.13. The maximum atomic E-state index is 13.7. The third-order valence-electron chi connectivity index (χ3n) is 5.55. The van der Waals surface area contributed by atoms with E-state index in [1.54, 1.807) is 6.07 Å². The highest BCUT2D eigenvalue weighted by Crippen LogP contribution is 2.40. The summed E-state index contributed by atoms with van der Waals surface area (Å²) in [6, 6.07) is 6.68. The Bertz CT molecular complexity index is 546. The zero-order valence-corrected chi connectivity index (χ0v) is 13.6. The molecule has 2 aliphatic rings. The van der Waals surface area contributed by atoms with Gasteiger partial charge < -0.3 is 10.4 Å². The Balaban J connectivity index is 1.79. The first-order chi connectivity index (χ1) is 11.1. The molecule has 126 valence electrons. The van der Waals surface area contributed by atoms with Gasteiger partial charge in [0.05, 0.1) is 11.5 Å². The van der Waals surface area contributed by atoms with Crippen LogP contribution in [0.2, 0.25) is 0 Å². The van der Waals surface area contributed by atoms with E-state index in [0.29, 0.717) is 0 Å². The van der Waals surface area contributed by atoms with Crippen molar-refractivity contribution >= 4 is 5.91 Å². The standard InChI is InChI=1S/C19H26FNO2/c20-15-6-4-5-14(13-15)19(11-2-1-3-12-19)18(23)21-16-7-9-17(22)10-8-16/h4-6,13,16-17,22H,1-3,7-12H2,(H,21,23). The molecule has 1 aromatic carbocycles. The van der Waals surface area contributed by atoms with Gasteiger partial charge in [0.2, 0.25) is 5.91 Å². The van der Waals surface area contributed by atoms with Gasteiger partial charge in [0.1, 0.15) is 5.82 Å². The van der Waals surface area contributed by atoms with Crippen LogP contribution in [0.1, 0.15) is 63.4 Å². The van der Waals surface area contributed by atoms with E-state index in [1.165, 1.54) is 12.1 Å². The SMILES string of the molecule is O=C(NC1CCC(O)CC1)C1(c2cccc(F)c2)CCCCC1. The first kappa shape index (κ1) is 16.4. The molecule has 3 rings (SSSR count). The van der Waals surface area contributed by atoms with Crippen molar-refractivity contribution in [2.45, 2.75) is 75.3 Å². The van der Waals surface area contributed by atoms with E-state index >= 15 is 0 Å². The predicted molar refractivity (Wildman–Crippen MR) is 87.6 cm³/mol. The molecule has 2 fully saturated rings. The summed E-state index contributed by atoms with van der Waals surface area (Å²) in [5.74, 6) is -0.231. The molecule has 23 heavy (non-hydrogen) atoms. The zero-order valence-electron chi connectivity index (χ0n) is 13.6. The van der Waals surface area contributed by atoms with Crippen LogP contribution in [0.3, 0.4) is 0 Å². The third kappa shape index (κ3) is 3.57. The summed E-state index contributed by atoms with van der Waals surface area (Å²) >= 11 is 0. The average Bonchev–Trinajstić information content (AvgIpc) is 2.57. The number of rotatable bonds is 3. The first-order valence-electron chi connectivity index (χ1n) is 8.85. The molecular weight excluding hydrogens is 293 g/mol. The molecule has 2 saturated carbocycles. The molecule has 0 radical (unpaired) electrons. The predicted octanol–water partition coefficient (Wildman–Crippen LogP) is 3.45. The maximum absolute atomic E-state index is 13.7. The van der Waals surface area contributed by atoms with Crippen LogP contribution in [0.15, 0.2) is 24.3 Å². The average molecular weight is 319 g/mol. The van der Waals surface area contributed by atoms with E-state index in [1.807, 2.05) is 6.07 Å². The van der Waals surface area contributed by atoms with E-state index in [-0.39, 0.29) is 23.9 Å². The number of nitrogens with one attached hydrogen (secondary N) is 1. The van der Waals surface area contributed by atoms with Gasteiger partial charge in [-0.25, -0.2) is 4.39 Å². The summed E-state index contributed by atoms with van der Waals surface area (Å²) in [5, 5.41) is 12.8. The summed E-state index contributed by atoms with van der Waals surface area (Å²) in [6.45, 7) is 0. The number of hydrogen-bond acceptors (Lipinski definition) is 2. The molecule has 2 N–H and O–H groups in total. The molecule has 2 aliphatic carbocycles. The third-order valence-corrected chi connectivity index (χ3v) is 5.55. The van der Waals surface area contributed by atoms with Crippen LogP contribution >= 0.6 is 0 Å². The Morgan fingerprint density at radius 1 is 1.13 bits per heavy atom. The molecule has 0 saturated heterocycles. The Morgan fingerprint density at radius 3 is 2.48 bits per heavy atom. The van der Waals surface area contributed by atoms with Gasteiger partial charge in [0.25, 0.3) is 0 Å². The molecule has 0 atom stereocenters. The number of benzene rings is 1. The first-order valence-corrected chi connectivity index (χ1v) is 8.85. The lowest BCUT2D eigenvalue weighted by Gasteiger charge is -2.38. The quantitative estimate of drug-likeness (QED) is 0.896. The summed E-state index contributed by atoms with van der Waals surface area (Å²) in [4.78, 5) is 13.1. The van der Waals surface area contributed by atoms with Crippen LogP contribution in [0.4, 0.5) is 4.39 Å². The second-order valence-electron chi connectivity index (χ2n) is 7.13. The van der Waals surface area contributed by atoms with Crippen molar-refractivity contribution in [1.82, 2.24) is 5.32 Å². The number of halogens is 1. The summed E-state index contributed by atoms with van der Waals surface area (Å²) in [7, 11) is 0. The smallest absolute Gasteiger partial charge is 0.230 e. The summed E-state index contributed by atoms with van der Waals surface area (Å²) < 4.78 is 13.7. The van der Waals surface area contributed by atoms with Gasteiger partial charge in [-0.2, -0.15) is 0 Å². The number of aliphatic hydroxyl groups excluding tert-OH is 1. The van der Waals surface area contributed by atoms with Crippen LogP contribution in [0.5, 0.6) is 0 Å². The molecule has 3 nitrogen and oxygen atoms in total. The van der Waals surface area contributed by atoms with Crippen molar-refractivity contribution in [3.8, 4) is 0 Å². The molecular formula is C19H26FNO2. The van der Waals surface area contributed by atoms with Crippen LogP contribution in [-0.2, 0) is 10.2 Å². The second kappa shape index (κ2) is 7.00. The van der Waals surface area contributed by atoms with Crippen molar-refractivity contribution in [3.05, 3.63) is 35.6 Å². The molecule has 0 unspecified atom stereocenters. The van der Waals surface area contributed by atoms with Gasteiger partial charge in [-0.15, -0.1) is 0 Å². The summed E-state index contributed by atoms with van der Waals surface area (Å²) in [5.41, 5.74) is 0.224. The molecule has 0 bridgehead atoms. The van der Waals surface area contributed by atoms with Gasteiger partial charge >= 0.3 is 0 Å². The number of amides is 1. The molecule has 0 heterocycles. The molecule has 4 heteroatoms. The largest absolute Gasteiger partial charge is 0.393 e. The van der Waals surface area contributed by atoms with E-state index in [2.05, 4.69) is 5.32 Å². The van der Waals surface area contributed by atoms with Crippen molar-refractivity contribution in [2.75, 3.05) is 0 Å². The van der Waals surface area contributed by atoms with Gasteiger partial charge in [0, 0.05) is 6.04 Å². The number of carbonyl (C=O) groups excluding carboxylic acids is 1. The number of hydrogen-bond donors (Lipinski definition) is 2. The van der Waals surface area contributed by atoms with Crippen LogP contribution in [0, 0.1) is 5.82 Å². The van der Waals surface area contributed by atoms with Crippen LogP contribution in [-0.4, -0.2) is 23.2 Å². The van der Waals surface area contributed by atoms with Gasteiger partial charge in [-0.3, -0.25) is 4.79 Å². The number of aliphatic hydroxyl groups is 1. The minimum absolute atomic E-state index is 0.0455. The summed E-state index contributed by atoms with van der Waals surface area (Å²) in [6.07, 6.45) is 7.65. The zero-order chi connectivity index (χ0) is 16.3. The normalized spacial score (nSPS) is 27.4. The maximum Gasteiger partial charge on any atom is 0.230 e. The van der Waals surface area contributed by atoms with E-state index < -0.39 is 5.41 Å². The minimum atomic E-state index is -0.587. The Hall–Kier alpha value is -1.42. The van der Waals surface area contributed by atoms with Crippen LogP contribution in [0.25, 0.3) is 0 Å². The van der Waals surface area contributed by atoms with Crippen molar-refractivity contribution in [3.63, 3.8) is 0 Å². The highest BCUT2D eigenvalue weighted by atomic mass is 19.1. The molecule has 1 amide bonds. The van der Waals surface area contributed by atoms with E-state index in [4.69, 9.17) is 0 Å². The lowest BCUT2D eigenvalue weighted by Crippen LogP contribution is -2.50. The second-order valence-corrected chi connectivity index (χ2v) is 7.13. The Kier molecular flexibility index (Phi) is 5.00. The van der Waals surface area contributed by atoms with Crippen LogP contribution < -0.4 is 5.32 Å². The molecule has 0 spiro atoms. The topological polar surface area (TPSA) is 49.3 Å². The highest BCUT2D eigenvalue weighted by molar-refractivity contribution is 5.88. The van der Waals surface area contributed by atoms with E-state index in [0.717, 1.165) is 63.4 Å². The Morgan fingerprint density at radius 2 is 1.83 bits per heavy atom. The highest BCUT2D eigenvalue weighted by Gasteiger charge is 2.42. The van der Waals surface area contributed by atoms with E-state index in [9.17, 15) is 14.3 Å². The number of carbonyl (C=O) groups is 1. The van der Waals surface area contributed by atoms with Crippen molar-refractivity contribution < 1.29 is 14.3 Å². The lowest BCUT2D eigenvalue weighted by molar-refractivity contribution is -0.129. The molecule has 0 aromatic heterocycles.